The minimum atomic E-state index is -0.340. The highest BCUT2D eigenvalue weighted by atomic mass is 32.2. The van der Waals surface area contributed by atoms with Gasteiger partial charge in [0.25, 0.3) is 0 Å². The first-order valence-corrected chi connectivity index (χ1v) is 8.84. The number of aryl methyl sites for hydroxylation is 2. The van der Waals surface area contributed by atoms with Crippen LogP contribution in [0.5, 0.6) is 0 Å². The molecule has 3 aromatic rings. The monoisotopic (exact) mass is 354 g/mol. The molecule has 0 saturated carbocycles. The molecule has 0 aliphatic carbocycles. The molecule has 5 nitrogen and oxygen atoms in total. The van der Waals surface area contributed by atoms with Crippen molar-refractivity contribution in [3.63, 3.8) is 0 Å². The van der Waals surface area contributed by atoms with Gasteiger partial charge in [-0.05, 0) is 37.1 Å². The van der Waals surface area contributed by atoms with Crippen LogP contribution < -0.4 is 0 Å². The number of esters is 1. The van der Waals surface area contributed by atoms with Crippen molar-refractivity contribution in [2.45, 2.75) is 31.1 Å². The Labute approximate surface area is 150 Å². The Hall–Kier alpha value is -2.60. The quantitative estimate of drug-likeness (QED) is 0.485. The Kier molecular flexibility index (Phi) is 5.50. The predicted molar refractivity (Wildman–Crippen MR) is 95.3 cm³/mol. The van der Waals surface area contributed by atoms with Crippen molar-refractivity contribution >= 4 is 17.7 Å². The van der Waals surface area contributed by atoms with Crippen LogP contribution >= 0.6 is 11.8 Å². The molecule has 25 heavy (non-hydrogen) atoms. The Morgan fingerprint density at radius 2 is 1.88 bits per heavy atom. The van der Waals surface area contributed by atoms with Crippen molar-refractivity contribution in [1.82, 2.24) is 10.1 Å². The molecule has 0 unspecified atom stereocenters. The number of hydrogen-bond donors (Lipinski definition) is 0. The van der Waals surface area contributed by atoms with Crippen molar-refractivity contribution in [3.8, 4) is 0 Å². The number of aromatic nitrogens is 2. The summed E-state index contributed by atoms with van der Waals surface area (Å²) < 4.78 is 10.6. The Bertz CT molecular complexity index is 876. The van der Waals surface area contributed by atoms with Crippen LogP contribution in [0.1, 0.15) is 33.2 Å². The van der Waals surface area contributed by atoms with Gasteiger partial charge in [0.15, 0.2) is 5.82 Å². The van der Waals surface area contributed by atoms with E-state index in [2.05, 4.69) is 10.1 Å². The molecule has 128 valence electrons. The lowest BCUT2D eigenvalue weighted by Crippen LogP contribution is -2.07. The number of thioether (sulfide) groups is 1. The molecule has 0 fully saturated rings. The topological polar surface area (TPSA) is 65.2 Å². The van der Waals surface area contributed by atoms with Crippen LogP contribution in [0.15, 0.2) is 57.9 Å². The van der Waals surface area contributed by atoms with Crippen LogP contribution in [-0.2, 0) is 17.1 Å². The first-order valence-electron chi connectivity index (χ1n) is 7.86. The predicted octanol–water partition coefficient (Wildman–Crippen LogP) is 4.34. The molecule has 6 heteroatoms. The zero-order valence-corrected chi connectivity index (χ0v) is 14.9. The molecule has 0 radical (unpaired) electrons. The van der Waals surface area contributed by atoms with Gasteiger partial charge in [-0.25, -0.2) is 4.79 Å². The second kappa shape index (κ2) is 7.98. The van der Waals surface area contributed by atoms with Crippen molar-refractivity contribution in [3.05, 3.63) is 76.9 Å². The maximum Gasteiger partial charge on any atom is 0.339 e. The third-order valence-electron chi connectivity index (χ3n) is 3.65. The van der Waals surface area contributed by atoms with Crippen LogP contribution in [0.4, 0.5) is 0 Å². The van der Waals surface area contributed by atoms with Gasteiger partial charge >= 0.3 is 5.97 Å². The molecule has 0 N–H and O–H groups in total. The van der Waals surface area contributed by atoms with E-state index in [0.29, 0.717) is 23.0 Å². The number of nitrogens with zero attached hydrogens (tertiary/aromatic N) is 2. The molecule has 2 aromatic carbocycles. The van der Waals surface area contributed by atoms with E-state index in [0.717, 1.165) is 16.0 Å². The van der Waals surface area contributed by atoms with Crippen LogP contribution in [0.25, 0.3) is 0 Å². The molecule has 0 aliphatic rings. The third-order valence-corrected chi connectivity index (χ3v) is 4.71. The summed E-state index contributed by atoms with van der Waals surface area (Å²) in [5.74, 6) is 1.29. The summed E-state index contributed by atoms with van der Waals surface area (Å²) in [6.07, 6.45) is 0. The van der Waals surface area contributed by atoms with Crippen molar-refractivity contribution < 1.29 is 14.1 Å². The smallest absolute Gasteiger partial charge is 0.339 e. The number of benzene rings is 2. The second-order valence-corrected chi connectivity index (χ2v) is 6.54. The van der Waals surface area contributed by atoms with E-state index in [1.165, 1.54) is 11.8 Å². The van der Waals surface area contributed by atoms with Gasteiger partial charge in [-0.3, -0.25) is 0 Å². The van der Waals surface area contributed by atoms with Crippen molar-refractivity contribution in [2.24, 2.45) is 0 Å². The summed E-state index contributed by atoms with van der Waals surface area (Å²) in [4.78, 5) is 17.5. The molecule has 0 amide bonds. The summed E-state index contributed by atoms with van der Waals surface area (Å²) in [6.45, 7) is 4.03. The Morgan fingerprint density at radius 3 is 2.64 bits per heavy atom. The van der Waals surface area contributed by atoms with Gasteiger partial charge in [0.1, 0.15) is 6.61 Å². The molecular weight excluding hydrogens is 336 g/mol. The summed E-state index contributed by atoms with van der Waals surface area (Å²) in [5.41, 5.74) is 2.64. The van der Waals surface area contributed by atoms with Crippen molar-refractivity contribution in [1.29, 1.82) is 0 Å². The van der Waals surface area contributed by atoms with E-state index in [1.807, 2.05) is 49.4 Å². The van der Waals surface area contributed by atoms with Gasteiger partial charge < -0.3 is 9.26 Å². The van der Waals surface area contributed by atoms with E-state index in [-0.39, 0.29) is 12.6 Å². The average molecular weight is 354 g/mol. The van der Waals surface area contributed by atoms with Gasteiger partial charge in [0, 0.05) is 4.90 Å². The van der Waals surface area contributed by atoms with E-state index in [9.17, 15) is 4.79 Å². The Balaban J connectivity index is 1.67. The zero-order valence-electron chi connectivity index (χ0n) is 14.1. The lowest BCUT2D eigenvalue weighted by molar-refractivity contribution is 0.0468. The number of carbonyl (C=O) groups excluding carboxylic acids is 1. The average Bonchev–Trinajstić information content (AvgIpc) is 3.04. The highest BCUT2D eigenvalue weighted by molar-refractivity contribution is 7.98. The molecule has 0 aliphatic heterocycles. The first-order chi connectivity index (χ1) is 12.1. The first kappa shape index (κ1) is 17.2. The van der Waals surface area contributed by atoms with Crippen LogP contribution in [0, 0.1) is 13.8 Å². The van der Waals surface area contributed by atoms with E-state index < -0.39 is 0 Å². The van der Waals surface area contributed by atoms with E-state index in [4.69, 9.17) is 9.26 Å². The summed E-state index contributed by atoms with van der Waals surface area (Å²) in [7, 11) is 0. The fraction of sp³-hybridized carbons (Fsp3) is 0.211. The van der Waals surface area contributed by atoms with Gasteiger partial charge in [-0.1, -0.05) is 41.6 Å². The minimum absolute atomic E-state index is 0.257. The number of hydrogen-bond acceptors (Lipinski definition) is 6. The van der Waals surface area contributed by atoms with Crippen LogP contribution in [-0.4, -0.2) is 16.1 Å². The minimum Gasteiger partial charge on any atom is -0.457 e. The van der Waals surface area contributed by atoms with Gasteiger partial charge in [0.2, 0.25) is 5.89 Å². The Morgan fingerprint density at radius 1 is 1.12 bits per heavy atom. The van der Waals surface area contributed by atoms with E-state index >= 15 is 0 Å². The second-order valence-electron chi connectivity index (χ2n) is 5.52. The lowest BCUT2D eigenvalue weighted by Gasteiger charge is -2.10. The summed E-state index contributed by atoms with van der Waals surface area (Å²) in [5, 5.41) is 3.77. The molecule has 0 bridgehead atoms. The van der Waals surface area contributed by atoms with Gasteiger partial charge in [-0.15, -0.1) is 11.8 Å². The standard InChI is InChI=1S/C19H18N2O3S/c1-13-7-3-4-8-15(13)11-23-19(22)16-9-5-6-10-17(16)25-12-18-20-14(2)21-24-18/h3-10H,11-12H2,1-2H3. The fourth-order valence-corrected chi connectivity index (χ4v) is 3.17. The molecule has 0 saturated heterocycles. The van der Waals surface area contributed by atoms with Gasteiger partial charge in [0.05, 0.1) is 11.3 Å². The molecular formula is C19H18N2O3S. The fourth-order valence-electron chi connectivity index (χ4n) is 2.29. The van der Waals surface area contributed by atoms with Crippen LogP contribution in [0.3, 0.4) is 0 Å². The molecule has 3 rings (SSSR count). The van der Waals surface area contributed by atoms with Crippen LogP contribution in [0.2, 0.25) is 0 Å². The number of rotatable bonds is 6. The molecule has 1 aromatic heterocycles. The molecule has 1 heterocycles. The maximum absolute atomic E-state index is 12.5. The number of carbonyl (C=O) groups is 1. The zero-order chi connectivity index (χ0) is 17.6. The number of ether oxygens (including phenoxy) is 1. The normalized spacial score (nSPS) is 10.6. The highest BCUT2D eigenvalue weighted by Crippen LogP contribution is 2.26. The summed E-state index contributed by atoms with van der Waals surface area (Å²) in [6, 6.07) is 15.2. The van der Waals surface area contributed by atoms with E-state index in [1.54, 1.807) is 13.0 Å². The molecule has 0 atom stereocenters. The third kappa shape index (κ3) is 4.48. The maximum atomic E-state index is 12.5. The van der Waals surface area contributed by atoms with Gasteiger partial charge in [-0.2, -0.15) is 4.98 Å². The lowest BCUT2D eigenvalue weighted by atomic mass is 10.1. The SMILES string of the molecule is Cc1noc(CSc2ccccc2C(=O)OCc2ccccc2C)n1. The van der Waals surface area contributed by atoms with Crippen molar-refractivity contribution in [2.75, 3.05) is 0 Å². The highest BCUT2D eigenvalue weighted by Gasteiger charge is 2.14. The largest absolute Gasteiger partial charge is 0.457 e. The summed E-state index contributed by atoms with van der Waals surface area (Å²) >= 11 is 1.47. The molecule has 0 spiro atoms.